The average Bonchev–Trinajstić information content (AvgIpc) is 2.41. The highest BCUT2D eigenvalue weighted by atomic mass is 16.5. The fourth-order valence-electron chi connectivity index (χ4n) is 1.88. The van der Waals surface area contributed by atoms with Gasteiger partial charge in [0.2, 0.25) is 0 Å². The van der Waals surface area contributed by atoms with E-state index in [2.05, 4.69) is 37.1 Å². The van der Waals surface area contributed by atoms with Gasteiger partial charge in [0.25, 0.3) is 0 Å². The number of nitrogens with zero attached hydrogens (tertiary/aromatic N) is 1. The van der Waals surface area contributed by atoms with Crippen molar-refractivity contribution < 1.29 is 4.74 Å². The van der Waals surface area contributed by atoms with Crippen molar-refractivity contribution in [3.63, 3.8) is 0 Å². The van der Waals surface area contributed by atoms with Crippen LogP contribution >= 0.6 is 0 Å². The van der Waals surface area contributed by atoms with Gasteiger partial charge in [-0.3, -0.25) is 0 Å². The van der Waals surface area contributed by atoms with Crippen LogP contribution in [0, 0.1) is 13.8 Å². The predicted molar refractivity (Wildman–Crippen MR) is 78.6 cm³/mol. The van der Waals surface area contributed by atoms with Crippen LogP contribution in [-0.4, -0.2) is 11.5 Å². The summed E-state index contributed by atoms with van der Waals surface area (Å²) in [4.78, 5) is 4.25. The minimum absolute atomic E-state index is 0.561. The molecule has 0 saturated carbocycles. The zero-order valence-electron chi connectivity index (χ0n) is 11.7. The second-order valence-corrected chi connectivity index (χ2v) is 4.57. The topological polar surface area (TPSA) is 34.1 Å². The number of pyridine rings is 1. The summed E-state index contributed by atoms with van der Waals surface area (Å²) in [6.45, 7) is 7.67. The smallest absolute Gasteiger partial charge is 0.126 e. The molecule has 3 heteroatoms. The van der Waals surface area contributed by atoms with Crippen molar-refractivity contribution in [3.8, 4) is 5.75 Å². The van der Waals surface area contributed by atoms with Gasteiger partial charge in [0.1, 0.15) is 18.2 Å². The minimum Gasteiger partial charge on any atom is -0.489 e. The molecule has 0 atom stereocenters. The molecule has 0 radical (unpaired) electrons. The van der Waals surface area contributed by atoms with Crippen molar-refractivity contribution in [1.82, 2.24) is 4.98 Å². The van der Waals surface area contributed by atoms with Crippen LogP contribution in [0.2, 0.25) is 0 Å². The first-order chi connectivity index (χ1) is 9.20. The van der Waals surface area contributed by atoms with Crippen molar-refractivity contribution >= 4 is 5.82 Å². The van der Waals surface area contributed by atoms with Gasteiger partial charge in [0, 0.05) is 12.7 Å². The van der Waals surface area contributed by atoms with Gasteiger partial charge in [-0.05, 0) is 55.7 Å². The second kappa shape index (κ2) is 6.23. The summed E-state index contributed by atoms with van der Waals surface area (Å²) in [5.74, 6) is 1.84. The Morgan fingerprint density at radius 2 is 2.05 bits per heavy atom. The predicted octanol–water partition coefficient (Wildman–Crippen LogP) is 3.71. The standard InChI is InChI=1S/C16H20N2O/c1-4-17-16-10-14(8-9-18-16)11-19-15-7-5-6-12(2)13(15)3/h5-10H,4,11H2,1-3H3,(H,17,18). The summed E-state index contributed by atoms with van der Waals surface area (Å²) >= 11 is 0. The fourth-order valence-corrected chi connectivity index (χ4v) is 1.88. The van der Waals surface area contributed by atoms with Crippen molar-refractivity contribution in [2.24, 2.45) is 0 Å². The largest absolute Gasteiger partial charge is 0.489 e. The van der Waals surface area contributed by atoms with Gasteiger partial charge in [0.05, 0.1) is 0 Å². The fraction of sp³-hybridized carbons (Fsp3) is 0.312. The van der Waals surface area contributed by atoms with Crippen LogP contribution in [-0.2, 0) is 6.61 Å². The number of hydrogen-bond donors (Lipinski definition) is 1. The van der Waals surface area contributed by atoms with Crippen LogP contribution in [0.3, 0.4) is 0 Å². The second-order valence-electron chi connectivity index (χ2n) is 4.57. The molecule has 0 fully saturated rings. The van der Waals surface area contributed by atoms with E-state index >= 15 is 0 Å². The zero-order valence-corrected chi connectivity index (χ0v) is 11.7. The highest BCUT2D eigenvalue weighted by molar-refractivity contribution is 5.39. The Hall–Kier alpha value is -2.03. The molecule has 3 nitrogen and oxygen atoms in total. The first-order valence-electron chi connectivity index (χ1n) is 6.58. The van der Waals surface area contributed by atoms with Crippen LogP contribution in [0.1, 0.15) is 23.6 Å². The molecule has 0 spiro atoms. The maximum Gasteiger partial charge on any atom is 0.126 e. The van der Waals surface area contributed by atoms with E-state index in [-0.39, 0.29) is 0 Å². The molecule has 1 N–H and O–H groups in total. The number of aryl methyl sites for hydroxylation is 1. The number of aromatic nitrogens is 1. The number of hydrogen-bond acceptors (Lipinski definition) is 3. The summed E-state index contributed by atoms with van der Waals surface area (Å²) in [5, 5.41) is 3.20. The maximum atomic E-state index is 5.88. The van der Waals surface area contributed by atoms with Gasteiger partial charge >= 0.3 is 0 Å². The molecule has 100 valence electrons. The number of ether oxygens (including phenoxy) is 1. The molecular weight excluding hydrogens is 236 g/mol. The highest BCUT2D eigenvalue weighted by Crippen LogP contribution is 2.21. The molecular formula is C16H20N2O. The van der Waals surface area contributed by atoms with Gasteiger partial charge in [-0.1, -0.05) is 12.1 Å². The van der Waals surface area contributed by atoms with Crippen molar-refractivity contribution in [1.29, 1.82) is 0 Å². The van der Waals surface area contributed by atoms with Gasteiger partial charge in [-0.2, -0.15) is 0 Å². The van der Waals surface area contributed by atoms with Gasteiger partial charge in [-0.25, -0.2) is 4.98 Å². The SMILES string of the molecule is CCNc1cc(COc2cccc(C)c2C)ccn1. The highest BCUT2D eigenvalue weighted by Gasteiger charge is 2.03. The Balaban J connectivity index is 2.06. The molecule has 2 rings (SSSR count). The third-order valence-corrected chi connectivity index (χ3v) is 3.13. The lowest BCUT2D eigenvalue weighted by Gasteiger charge is -2.11. The minimum atomic E-state index is 0.561. The molecule has 0 aliphatic rings. The molecule has 0 aliphatic heterocycles. The number of nitrogens with one attached hydrogen (secondary N) is 1. The molecule has 0 unspecified atom stereocenters. The van der Waals surface area contributed by atoms with Gasteiger partial charge in [-0.15, -0.1) is 0 Å². The van der Waals surface area contributed by atoms with Crippen LogP contribution in [0.4, 0.5) is 5.82 Å². The lowest BCUT2D eigenvalue weighted by Crippen LogP contribution is -2.02. The lowest BCUT2D eigenvalue weighted by atomic mass is 10.1. The Kier molecular flexibility index (Phi) is 4.39. The first kappa shape index (κ1) is 13.4. The number of anilines is 1. The summed E-state index contributed by atoms with van der Waals surface area (Å²) < 4.78 is 5.88. The van der Waals surface area contributed by atoms with E-state index in [1.165, 1.54) is 11.1 Å². The van der Waals surface area contributed by atoms with Crippen LogP contribution in [0.25, 0.3) is 0 Å². The third-order valence-electron chi connectivity index (χ3n) is 3.13. The van der Waals surface area contributed by atoms with E-state index in [9.17, 15) is 0 Å². The summed E-state index contributed by atoms with van der Waals surface area (Å²) in [5.41, 5.74) is 3.57. The molecule has 19 heavy (non-hydrogen) atoms. The zero-order chi connectivity index (χ0) is 13.7. The maximum absolute atomic E-state index is 5.88. The van der Waals surface area contributed by atoms with Crippen LogP contribution in [0.5, 0.6) is 5.75 Å². The Labute approximate surface area is 114 Å². The quantitative estimate of drug-likeness (QED) is 0.885. The van der Waals surface area contributed by atoms with Crippen LogP contribution < -0.4 is 10.1 Å². The van der Waals surface area contributed by atoms with E-state index in [0.29, 0.717) is 6.61 Å². The van der Waals surface area contributed by atoms with E-state index < -0.39 is 0 Å². The molecule has 0 amide bonds. The van der Waals surface area contributed by atoms with E-state index in [1.807, 2.05) is 24.3 Å². The summed E-state index contributed by atoms with van der Waals surface area (Å²) in [6, 6.07) is 10.1. The summed E-state index contributed by atoms with van der Waals surface area (Å²) in [7, 11) is 0. The van der Waals surface area contributed by atoms with E-state index in [1.54, 1.807) is 6.20 Å². The molecule has 0 saturated heterocycles. The molecule has 1 heterocycles. The van der Waals surface area contributed by atoms with E-state index in [4.69, 9.17) is 4.74 Å². The van der Waals surface area contributed by atoms with Crippen molar-refractivity contribution in [2.75, 3.05) is 11.9 Å². The number of rotatable bonds is 5. The molecule has 0 aliphatic carbocycles. The van der Waals surface area contributed by atoms with Crippen molar-refractivity contribution in [3.05, 3.63) is 53.2 Å². The lowest BCUT2D eigenvalue weighted by molar-refractivity contribution is 0.304. The average molecular weight is 256 g/mol. The van der Waals surface area contributed by atoms with Gasteiger partial charge in [0.15, 0.2) is 0 Å². The Morgan fingerprint density at radius 3 is 2.84 bits per heavy atom. The molecule has 2 aromatic rings. The Bertz CT molecular complexity index is 552. The first-order valence-corrected chi connectivity index (χ1v) is 6.58. The Morgan fingerprint density at radius 1 is 1.21 bits per heavy atom. The monoisotopic (exact) mass is 256 g/mol. The van der Waals surface area contributed by atoms with Crippen LogP contribution in [0.15, 0.2) is 36.5 Å². The molecule has 1 aromatic heterocycles. The third kappa shape index (κ3) is 3.47. The van der Waals surface area contributed by atoms with Crippen molar-refractivity contribution in [2.45, 2.75) is 27.4 Å². The summed E-state index contributed by atoms with van der Waals surface area (Å²) in [6.07, 6.45) is 1.81. The molecule has 1 aromatic carbocycles. The number of benzene rings is 1. The normalized spacial score (nSPS) is 10.3. The van der Waals surface area contributed by atoms with E-state index in [0.717, 1.165) is 23.7 Å². The molecule has 0 bridgehead atoms. The van der Waals surface area contributed by atoms with Gasteiger partial charge < -0.3 is 10.1 Å².